The molecule has 0 aliphatic carbocycles. The van der Waals surface area contributed by atoms with Crippen molar-refractivity contribution in [2.45, 2.75) is 28.5 Å². The maximum atomic E-state index is 15.9. The van der Waals surface area contributed by atoms with Crippen molar-refractivity contribution < 1.29 is 37.7 Å². The highest BCUT2D eigenvalue weighted by atomic mass is 32.2. The number of pyridine rings is 1. The number of aromatic nitrogens is 1. The number of rotatable bonds is 4. The van der Waals surface area contributed by atoms with Gasteiger partial charge in [0.1, 0.15) is 23.6 Å². The van der Waals surface area contributed by atoms with Crippen LogP contribution in [0.15, 0.2) is 64.4 Å². The maximum absolute atomic E-state index is 15.9. The molecule has 42 heavy (non-hydrogen) atoms. The largest absolute Gasteiger partial charge is 0.510 e. The fourth-order valence-corrected chi connectivity index (χ4v) is 7.06. The Morgan fingerprint density at radius 2 is 1.98 bits per heavy atom. The number of hydrogen-bond acceptors (Lipinski definition) is 10. The second kappa shape index (κ2) is 10.3. The summed E-state index contributed by atoms with van der Waals surface area (Å²) < 4.78 is 44.2. The standard InChI is InChI=1S/C29H26FN3O8S/c1-37-28(36)40-16-39-26-20(34)9-10-32-25(26)27(35)31-13-29(14-38-15-29)41-11-22(31)33(32)24-18-6-2-3-8-21(18)42-12-17-5-4-7-19(30)23(17)24/h2-10,22,24H,11-16H2,1H3/t22-,24-/m1/s1. The van der Waals surface area contributed by atoms with Crippen LogP contribution in [0.4, 0.5) is 9.18 Å². The normalized spacial score (nSPS) is 21.7. The van der Waals surface area contributed by atoms with Gasteiger partial charge in [-0.2, -0.15) is 0 Å². The van der Waals surface area contributed by atoms with E-state index in [0.717, 1.165) is 23.1 Å². The van der Waals surface area contributed by atoms with Crippen molar-refractivity contribution in [3.05, 3.63) is 93.2 Å². The van der Waals surface area contributed by atoms with Crippen LogP contribution >= 0.6 is 11.8 Å². The Morgan fingerprint density at radius 3 is 2.76 bits per heavy atom. The number of halogens is 1. The summed E-state index contributed by atoms with van der Waals surface area (Å²) in [6, 6.07) is 13.4. The minimum absolute atomic E-state index is 0.0724. The lowest BCUT2D eigenvalue weighted by Crippen LogP contribution is -2.73. The minimum atomic E-state index is -1.01. The average molecular weight is 596 g/mol. The van der Waals surface area contributed by atoms with Crippen molar-refractivity contribution in [3.63, 3.8) is 0 Å². The Morgan fingerprint density at radius 1 is 1.14 bits per heavy atom. The number of hydrogen-bond donors (Lipinski definition) is 0. The van der Waals surface area contributed by atoms with Crippen LogP contribution in [0, 0.1) is 5.82 Å². The lowest BCUT2D eigenvalue weighted by atomic mass is 9.92. The van der Waals surface area contributed by atoms with Crippen LogP contribution in [0.5, 0.6) is 5.75 Å². The highest BCUT2D eigenvalue weighted by Gasteiger charge is 2.54. The lowest BCUT2D eigenvalue weighted by Gasteiger charge is -2.57. The zero-order chi connectivity index (χ0) is 29.0. The van der Waals surface area contributed by atoms with Gasteiger partial charge in [-0.05, 0) is 23.3 Å². The molecule has 5 heterocycles. The summed E-state index contributed by atoms with van der Waals surface area (Å²) in [6.45, 7) is 0.305. The summed E-state index contributed by atoms with van der Waals surface area (Å²) in [5.74, 6) is -0.606. The topological polar surface area (TPSA) is 109 Å². The second-order valence-electron chi connectivity index (χ2n) is 10.4. The summed E-state index contributed by atoms with van der Waals surface area (Å²) in [5.41, 5.74) is 0.795. The van der Waals surface area contributed by atoms with E-state index in [2.05, 4.69) is 4.74 Å². The van der Waals surface area contributed by atoms with Crippen LogP contribution in [-0.2, 0) is 24.7 Å². The molecule has 4 aliphatic rings. The van der Waals surface area contributed by atoms with Crippen LogP contribution in [0.25, 0.3) is 0 Å². The van der Waals surface area contributed by atoms with Gasteiger partial charge < -0.3 is 28.6 Å². The third-order valence-electron chi connectivity index (χ3n) is 7.96. The van der Waals surface area contributed by atoms with Crippen molar-refractivity contribution in [1.29, 1.82) is 0 Å². The molecule has 2 atom stereocenters. The van der Waals surface area contributed by atoms with Crippen LogP contribution in [0.1, 0.15) is 33.2 Å². The van der Waals surface area contributed by atoms with Gasteiger partial charge in [0.25, 0.3) is 5.91 Å². The summed E-state index contributed by atoms with van der Waals surface area (Å²) in [4.78, 5) is 41.5. The van der Waals surface area contributed by atoms with Crippen LogP contribution in [-0.4, -0.2) is 73.7 Å². The van der Waals surface area contributed by atoms with Gasteiger partial charge >= 0.3 is 6.16 Å². The Labute approximate surface area is 243 Å². The van der Waals surface area contributed by atoms with Gasteiger partial charge in [0.2, 0.25) is 18.0 Å². The summed E-state index contributed by atoms with van der Waals surface area (Å²) in [6.07, 6.45) is -0.182. The van der Waals surface area contributed by atoms with E-state index in [1.165, 1.54) is 18.3 Å². The van der Waals surface area contributed by atoms with Gasteiger partial charge in [-0.1, -0.05) is 30.3 Å². The number of nitrogens with zero attached hydrogens (tertiary/aromatic N) is 3. The fourth-order valence-electron chi connectivity index (χ4n) is 5.98. The molecule has 218 valence electrons. The van der Waals surface area contributed by atoms with E-state index in [0.29, 0.717) is 24.5 Å². The van der Waals surface area contributed by atoms with E-state index in [1.807, 2.05) is 35.3 Å². The third kappa shape index (κ3) is 4.22. The Hall–Kier alpha value is -4.07. The molecule has 0 N–H and O–H groups in total. The maximum Gasteiger partial charge on any atom is 0.510 e. The van der Waals surface area contributed by atoms with Crippen molar-refractivity contribution in [3.8, 4) is 5.75 Å². The number of fused-ring (bicyclic) bond motifs is 4. The zero-order valence-corrected chi connectivity index (χ0v) is 23.3. The summed E-state index contributed by atoms with van der Waals surface area (Å²) in [5, 5.41) is 1.88. The quantitative estimate of drug-likeness (QED) is 0.330. The van der Waals surface area contributed by atoms with Gasteiger partial charge in [0.15, 0.2) is 5.69 Å². The van der Waals surface area contributed by atoms with E-state index in [4.69, 9.17) is 18.9 Å². The first-order valence-corrected chi connectivity index (χ1v) is 14.3. The predicted molar refractivity (Wildman–Crippen MR) is 146 cm³/mol. The number of thioether (sulfide) groups is 1. The average Bonchev–Trinajstić information content (AvgIpc) is 3.15. The number of carbonyl (C=O) groups is 2. The van der Waals surface area contributed by atoms with E-state index in [9.17, 15) is 14.4 Å². The first-order valence-electron chi connectivity index (χ1n) is 13.3. The van der Waals surface area contributed by atoms with Crippen molar-refractivity contribution in [2.24, 2.45) is 0 Å². The monoisotopic (exact) mass is 595 g/mol. The molecule has 0 radical (unpaired) electrons. The molecule has 2 aromatic carbocycles. The van der Waals surface area contributed by atoms with Crippen LogP contribution < -0.4 is 15.2 Å². The Kier molecular flexibility index (Phi) is 6.59. The molecule has 0 saturated carbocycles. The molecular weight excluding hydrogens is 569 g/mol. The van der Waals surface area contributed by atoms with Gasteiger partial charge in [-0.15, -0.1) is 11.8 Å². The molecule has 0 unspecified atom stereocenters. The van der Waals surface area contributed by atoms with Crippen LogP contribution in [0.3, 0.4) is 0 Å². The first-order chi connectivity index (χ1) is 20.4. The number of amides is 1. The van der Waals surface area contributed by atoms with E-state index in [-0.39, 0.29) is 30.4 Å². The Balaban J connectivity index is 1.44. The molecule has 7 rings (SSSR count). The first kappa shape index (κ1) is 26.8. The minimum Gasteiger partial charge on any atom is -0.451 e. The second-order valence-corrected chi connectivity index (χ2v) is 11.4. The molecule has 3 aromatic rings. The van der Waals surface area contributed by atoms with Crippen molar-refractivity contribution >= 4 is 23.8 Å². The number of benzene rings is 2. The Bertz CT molecular complexity index is 1640. The van der Waals surface area contributed by atoms with Gasteiger partial charge in [-0.25, -0.2) is 9.18 Å². The number of methoxy groups -OCH3 is 1. The van der Waals surface area contributed by atoms with Gasteiger partial charge in [0, 0.05) is 28.5 Å². The molecule has 2 saturated heterocycles. The number of ether oxygens (including phenoxy) is 5. The molecule has 11 nitrogen and oxygen atoms in total. The third-order valence-corrected chi connectivity index (χ3v) is 9.10. The lowest BCUT2D eigenvalue weighted by molar-refractivity contribution is -0.245. The highest BCUT2D eigenvalue weighted by Crippen LogP contribution is 2.46. The van der Waals surface area contributed by atoms with Crippen molar-refractivity contribution in [2.75, 3.05) is 45.3 Å². The summed E-state index contributed by atoms with van der Waals surface area (Å²) in [7, 11) is 1.14. The molecule has 1 aromatic heterocycles. The van der Waals surface area contributed by atoms with E-state index >= 15 is 4.39 Å². The predicted octanol–water partition coefficient (Wildman–Crippen LogP) is 3.02. The zero-order valence-electron chi connectivity index (χ0n) is 22.5. The molecule has 4 aliphatic heterocycles. The molecule has 1 amide bonds. The fraction of sp³-hybridized carbons (Fsp3) is 0.345. The van der Waals surface area contributed by atoms with E-state index in [1.54, 1.807) is 27.4 Å². The molecular formula is C29H26FN3O8S. The SMILES string of the molecule is COC(=O)OCOc1c2n(ccc1=O)N([C@@H]1c3ccccc3SCc3cccc(F)c31)[C@@H]1COC3(COC3)CN1C2=O. The van der Waals surface area contributed by atoms with E-state index < -0.39 is 42.1 Å². The van der Waals surface area contributed by atoms with Gasteiger partial charge in [-0.3, -0.25) is 19.3 Å². The highest BCUT2D eigenvalue weighted by molar-refractivity contribution is 7.98. The smallest absolute Gasteiger partial charge is 0.451 e. The van der Waals surface area contributed by atoms with Crippen LogP contribution in [0.2, 0.25) is 0 Å². The van der Waals surface area contributed by atoms with Gasteiger partial charge in [0.05, 0.1) is 33.5 Å². The summed E-state index contributed by atoms with van der Waals surface area (Å²) >= 11 is 1.61. The number of morpholine rings is 1. The molecule has 2 fully saturated rings. The molecule has 1 spiro atoms. The molecule has 13 heteroatoms. The van der Waals surface area contributed by atoms with Crippen molar-refractivity contribution in [1.82, 2.24) is 9.58 Å². The molecule has 0 bridgehead atoms. The number of carbonyl (C=O) groups excluding carboxylic acids is 2.